The van der Waals surface area contributed by atoms with Crippen LogP contribution in [0.2, 0.25) is 0 Å². The van der Waals surface area contributed by atoms with Crippen molar-refractivity contribution in [2.75, 3.05) is 18.0 Å². The molecule has 2 aromatic carbocycles. The molecule has 1 unspecified atom stereocenters. The van der Waals surface area contributed by atoms with Crippen molar-refractivity contribution in [3.63, 3.8) is 0 Å². The van der Waals surface area contributed by atoms with Crippen molar-refractivity contribution in [2.45, 2.75) is 31.3 Å². The van der Waals surface area contributed by atoms with Crippen molar-refractivity contribution < 1.29 is 9.50 Å². The molecule has 1 saturated heterocycles. The number of hydrogen-bond donors (Lipinski definition) is 2. The molecule has 8 heteroatoms. The largest absolute Gasteiger partial charge is 0.504 e. The maximum absolute atomic E-state index is 14.6. The molecule has 4 aromatic rings. The number of phenols is 1. The molecule has 2 aliphatic rings. The van der Waals surface area contributed by atoms with Crippen molar-refractivity contribution in [2.24, 2.45) is 7.05 Å². The van der Waals surface area contributed by atoms with Crippen molar-refractivity contribution >= 4 is 27.6 Å². The van der Waals surface area contributed by atoms with Gasteiger partial charge in [-0.25, -0.2) is 9.37 Å². The molecular weight excluding hydrogens is 395 g/mol. The number of rotatable bonds is 4. The van der Waals surface area contributed by atoms with E-state index in [0.29, 0.717) is 28.2 Å². The van der Waals surface area contributed by atoms with Crippen LogP contribution in [-0.2, 0) is 7.05 Å². The van der Waals surface area contributed by atoms with Gasteiger partial charge in [0.1, 0.15) is 5.52 Å². The average Bonchev–Trinajstić information content (AvgIpc) is 3.32. The molecule has 1 aliphatic heterocycles. The van der Waals surface area contributed by atoms with Crippen LogP contribution < -0.4 is 10.2 Å². The molecule has 1 atom stereocenters. The van der Waals surface area contributed by atoms with Gasteiger partial charge in [-0.2, -0.15) is 5.10 Å². The standard InChI is InChI=1S/C23H23FN6O/c1-29-11-13-8-17(23(31)21(24)22(13)28-29)20-10-25-19-9-16(4-5-18(19)27-20)30-7-6-15(12-30)26-14-2-3-14/h4-5,8-11,14-15,26,31H,2-3,6-7,12H2,1H3. The lowest BCUT2D eigenvalue weighted by atomic mass is 10.1. The van der Waals surface area contributed by atoms with Gasteiger partial charge in [0.15, 0.2) is 11.6 Å². The molecule has 7 nitrogen and oxygen atoms in total. The molecule has 31 heavy (non-hydrogen) atoms. The van der Waals surface area contributed by atoms with Crippen molar-refractivity contribution in [3.05, 3.63) is 42.5 Å². The summed E-state index contributed by atoms with van der Waals surface area (Å²) in [5.41, 5.74) is 3.51. The predicted molar refractivity (Wildman–Crippen MR) is 118 cm³/mol. The molecule has 158 valence electrons. The molecular formula is C23H23FN6O. The minimum atomic E-state index is -0.742. The fourth-order valence-corrected chi connectivity index (χ4v) is 4.47. The lowest BCUT2D eigenvalue weighted by Crippen LogP contribution is -2.33. The second kappa shape index (κ2) is 6.88. The summed E-state index contributed by atoms with van der Waals surface area (Å²) in [5.74, 6) is -1.20. The number of aromatic nitrogens is 4. The average molecular weight is 418 g/mol. The summed E-state index contributed by atoms with van der Waals surface area (Å²) in [7, 11) is 1.72. The molecule has 0 amide bonds. The van der Waals surface area contributed by atoms with Gasteiger partial charge in [0.05, 0.1) is 22.9 Å². The van der Waals surface area contributed by atoms with E-state index >= 15 is 0 Å². The molecule has 1 saturated carbocycles. The van der Waals surface area contributed by atoms with Gasteiger partial charge in [0.25, 0.3) is 0 Å². The van der Waals surface area contributed by atoms with Crippen LogP contribution in [0, 0.1) is 5.82 Å². The first kappa shape index (κ1) is 18.5. The van der Waals surface area contributed by atoms with Crippen molar-refractivity contribution in [1.29, 1.82) is 0 Å². The number of nitrogens with zero attached hydrogens (tertiary/aromatic N) is 5. The zero-order valence-electron chi connectivity index (χ0n) is 17.2. The van der Waals surface area contributed by atoms with E-state index in [-0.39, 0.29) is 5.52 Å². The molecule has 2 aromatic heterocycles. The van der Waals surface area contributed by atoms with E-state index in [1.807, 2.05) is 6.07 Å². The number of anilines is 1. The third-order valence-corrected chi connectivity index (χ3v) is 6.23. The normalized spacial score (nSPS) is 19.0. The number of benzene rings is 2. The van der Waals surface area contributed by atoms with Gasteiger partial charge in [-0.3, -0.25) is 9.67 Å². The summed E-state index contributed by atoms with van der Waals surface area (Å²) >= 11 is 0. The van der Waals surface area contributed by atoms with E-state index in [4.69, 9.17) is 0 Å². The third-order valence-electron chi connectivity index (χ3n) is 6.23. The fraction of sp³-hybridized carbons (Fsp3) is 0.348. The number of halogens is 1. The number of nitrogens with one attached hydrogen (secondary N) is 1. The van der Waals surface area contributed by atoms with Gasteiger partial charge in [0.2, 0.25) is 0 Å². The first-order chi connectivity index (χ1) is 15.0. The first-order valence-electron chi connectivity index (χ1n) is 10.7. The number of aryl methyl sites for hydroxylation is 1. The van der Waals surface area contributed by atoms with Crippen LogP contribution in [0.1, 0.15) is 19.3 Å². The molecule has 0 bridgehead atoms. The van der Waals surface area contributed by atoms with E-state index < -0.39 is 11.6 Å². The van der Waals surface area contributed by atoms with Crippen molar-refractivity contribution in [1.82, 2.24) is 25.1 Å². The molecule has 0 radical (unpaired) electrons. The highest BCUT2D eigenvalue weighted by Crippen LogP contribution is 2.36. The Morgan fingerprint density at radius 2 is 2.00 bits per heavy atom. The van der Waals surface area contributed by atoms with Gasteiger partial charge < -0.3 is 15.3 Å². The summed E-state index contributed by atoms with van der Waals surface area (Å²) < 4.78 is 16.1. The molecule has 0 spiro atoms. The van der Waals surface area contributed by atoms with Crippen LogP contribution in [-0.4, -0.2) is 50.0 Å². The Morgan fingerprint density at radius 3 is 2.84 bits per heavy atom. The summed E-state index contributed by atoms with van der Waals surface area (Å²) in [6.45, 7) is 2.03. The molecule has 2 N–H and O–H groups in total. The van der Waals surface area contributed by atoms with E-state index in [9.17, 15) is 9.50 Å². The lowest BCUT2D eigenvalue weighted by Gasteiger charge is -2.19. The highest BCUT2D eigenvalue weighted by molar-refractivity contribution is 5.89. The maximum atomic E-state index is 14.6. The van der Waals surface area contributed by atoms with Crippen LogP contribution in [0.5, 0.6) is 5.75 Å². The lowest BCUT2D eigenvalue weighted by molar-refractivity contribution is 0.437. The Morgan fingerprint density at radius 1 is 1.13 bits per heavy atom. The Bertz CT molecular complexity index is 1310. The Balaban J connectivity index is 1.32. The third kappa shape index (κ3) is 3.27. The van der Waals surface area contributed by atoms with E-state index in [0.717, 1.165) is 36.8 Å². The van der Waals surface area contributed by atoms with Crippen LogP contribution in [0.4, 0.5) is 10.1 Å². The highest BCUT2D eigenvalue weighted by Gasteiger charge is 2.29. The monoisotopic (exact) mass is 418 g/mol. The van der Waals surface area contributed by atoms with Crippen LogP contribution in [0.25, 0.3) is 33.2 Å². The number of phenolic OH excluding ortho intramolecular Hbond substituents is 1. The summed E-state index contributed by atoms with van der Waals surface area (Å²) in [5, 5.41) is 18.8. The maximum Gasteiger partial charge on any atom is 0.193 e. The molecule has 6 rings (SSSR count). The van der Waals surface area contributed by atoms with E-state index in [2.05, 4.69) is 37.4 Å². The molecule has 1 aliphatic carbocycles. The summed E-state index contributed by atoms with van der Waals surface area (Å²) in [4.78, 5) is 11.6. The van der Waals surface area contributed by atoms with Crippen molar-refractivity contribution in [3.8, 4) is 17.0 Å². The number of fused-ring (bicyclic) bond motifs is 2. The Labute approximate surface area is 178 Å². The zero-order chi connectivity index (χ0) is 21.1. The Hall–Kier alpha value is -3.26. The van der Waals surface area contributed by atoms with Gasteiger partial charge in [-0.05, 0) is 43.5 Å². The van der Waals surface area contributed by atoms with Gasteiger partial charge in [0, 0.05) is 55.1 Å². The molecule has 2 fully saturated rings. The number of aromatic hydroxyl groups is 1. The molecule has 3 heterocycles. The van der Waals surface area contributed by atoms with Gasteiger partial charge >= 0.3 is 0 Å². The van der Waals surface area contributed by atoms with Gasteiger partial charge in [-0.15, -0.1) is 0 Å². The van der Waals surface area contributed by atoms with E-state index in [1.165, 1.54) is 17.5 Å². The minimum Gasteiger partial charge on any atom is -0.504 e. The van der Waals surface area contributed by atoms with E-state index in [1.54, 1.807) is 25.5 Å². The summed E-state index contributed by atoms with van der Waals surface area (Å²) in [6.07, 6.45) is 7.06. The first-order valence-corrected chi connectivity index (χ1v) is 10.7. The second-order valence-electron chi connectivity index (χ2n) is 8.63. The quantitative estimate of drug-likeness (QED) is 0.529. The number of hydrogen-bond acceptors (Lipinski definition) is 6. The van der Waals surface area contributed by atoms with Crippen LogP contribution in [0.15, 0.2) is 36.7 Å². The highest BCUT2D eigenvalue weighted by atomic mass is 19.1. The minimum absolute atomic E-state index is 0.141. The van der Waals surface area contributed by atoms with Crippen LogP contribution in [0.3, 0.4) is 0 Å². The SMILES string of the molecule is Cn1cc2cc(-c3cnc4cc(N5CCC(NC6CC6)C5)ccc4n3)c(O)c(F)c2n1. The zero-order valence-corrected chi connectivity index (χ0v) is 17.2. The van der Waals surface area contributed by atoms with Crippen LogP contribution >= 0.6 is 0 Å². The topological polar surface area (TPSA) is 79.1 Å². The fourth-order valence-electron chi connectivity index (χ4n) is 4.47. The Kier molecular flexibility index (Phi) is 4.11. The predicted octanol–water partition coefficient (Wildman–Crippen LogP) is 3.36. The van der Waals surface area contributed by atoms with Gasteiger partial charge in [-0.1, -0.05) is 0 Å². The second-order valence-corrected chi connectivity index (χ2v) is 8.63. The summed E-state index contributed by atoms with van der Waals surface area (Å²) in [6, 6.07) is 9.03. The smallest absolute Gasteiger partial charge is 0.193 e.